The molecule has 1 heterocycles. The second-order valence-corrected chi connectivity index (χ2v) is 7.89. The zero-order valence-electron chi connectivity index (χ0n) is 16.6. The molecule has 0 saturated carbocycles. The number of hydrogen-bond donors (Lipinski definition) is 1. The third kappa shape index (κ3) is 5.16. The van der Waals surface area contributed by atoms with Crippen molar-refractivity contribution in [2.24, 2.45) is 0 Å². The predicted octanol–water partition coefficient (Wildman–Crippen LogP) is 4.56. The van der Waals surface area contributed by atoms with Crippen LogP contribution in [0.25, 0.3) is 6.08 Å². The van der Waals surface area contributed by atoms with Crippen LogP contribution in [0.3, 0.4) is 0 Å². The fourth-order valence-corrected chi connectivity index (χ4v) is 4.12. The molecule has 1 unspecified atom stereocenters. The number of imide groups is 1. The van der Waals surface area contributed by atoms with Crippen molar-refractivity contribution in [3.05, 3.63) is 76.4 Å². The van der Waals surface area contributed by atoms with E-state index >= 15 is 0 Å². The first kappa shape index (κ1) is 21.8. The third-order valence-corrected chi connectivity index (χ3v) is 5.70. The van der Waals surface area contributed by atoms with E-state index in [2.05, 4.69) is 5.32 Å². The van der Waals surface area contributed by atoms with Gasteiger partial charge in [-0.3, -0.25) is 19.3 Å². The highest BCUT2D eigenvalue weighted by molar-refractivity contribution is 8.18. The quantitative estimate of drug-likeness (QED) is 0.629. The van der Waals surface area contributed by atoms with Gasteiger partial charge in [0.05, 0.1) is 10.8 Å². The first-order valence-electron chi connectivity index (χ1n) is 9.83. The Morgan fingerprint density at radius 3 is 2.53 bits per heavy atom. The highest BCUT2D eigenvalue weighted by Gasteiger charge is 2.35. The summed E-state index contributed by atoms with van der Waals surface area (Å²) >= 11 is 0.775. The van der Waals surface area contributed by atoms with Gasteiger partial charge < -0.3 is 5.32 Å². The molecule has 3 rings (SSSR count). The van der Waals surface area contributed by atoms with Crippen LogP contribution in [0, 0.1) is 5.82 Å². The number of rotatable bonds is 8. The molecule has 7 heteroatoms. The maximum absolute atomic E-state index is 13.8. The number of carbonyl (C=O) groups is 3. The molecule has 30 heavy (non-hydrogen) atoms. The molecule has 1 fully saturated rings. The Labute approximate surface area is 179 Å². The standard InChI is InChI=1S/C23H23FN2O3S/c1-2-8-18(16-9-4-3-5-10-16)21(27)25-13-14-26-22(28)20(30-23(26)29)15-17-11-6-7-12-19(17)24/h3-7,9-12,15,18H,2,8,13-14H2,1H3,(H,25,27)/b20-15+. The minimum absolute atomic E-state index is 0.0681. The van der Waals surface area contributed by atoms with Gasteiger partial charge in [0.15, 0.2) is 0 Å². The molecule has 3 amide bonds. The Morgan fingerprint density at radius 1 is 1.13 bits per heavy atom. The summed E-state index contributed by atoms with van der Waals surface area (Å²) in [6, 6.07) is 15.6. The van der Waals surface area contributed by atoms with Crippen molar-refractivity contribution >= 4 is 34.9 Å². The molecule has 0 spiro atoms. The number of carbonyl (C=O) groups excluding carboxylic acids is 3. The van der Waals surface area contributed by atoms with E-state index in [-0.39, 0.29) is 35.4 Å². The number of benzene rings is 2. The molecular formula is C23H23FN2O3S. The Morgan fingerprint density at radius 2 is 1.83 bits per heavy atom. The fraction of sp³-hybridized carbons (Fsp3) is 0.261. The van der Waals surface area contributed by atoms with Gasteiger partial charge in [-0.2, -0.15) is 0 Å². The van der Waals surface area contributed by atoms with E-state index in [1.807, 2.05) is 37.3 Å². The van der Waals surface area contributed by atoms with Crippen LogP contribution in [0.1, 0.15) is 36.8 Å². The predicted molar refractivity (Wildman–Crippen MR) is 116 cm³/mol. The molecule has 5 nitrogen and oxygen atoms in total. The summed E-state index contributed by atoms with van der Waals surface area (Å²) in [6.45, 7) is 2.25. The summed E-state index contributed by atoms with van der Waals surface area (Å²) in [6.07, 6.45) is 2.95. The second-order valence-electron chi connectivity index (χ2n) is 6.90. The Hall–Kier alpha value is -2.93. The normalized spacial score (nSPS) is 16.2. The molecule has 1 saturated heterocycles. The largest absolute Gasteiger partial charge is 0.354 e. The molecule has 0 radical (unpaired) electrons. The Kier molecular flexibility index (Phi) is 7.41. The monoisotopic (exact) mass is 426 g/mol. The zero-order chi connectivity index (χ0) is 21.5. The van der Waals surface area contributed by atoms with Gasteiger partial charge in [-0.15, -0.1) is 0 Å². The summed E-state index contributed by atoms with van der Waals surface area (Å²) < 4.78 is 13.8. The Bertz CT molecular complexity index is 962. The average molecular weight is 427 g/mol. The molecule has 156 valence electrons. The van der Waals surface area contributed by atoms with Crippen LogP contribution in [-0.2, 0) is 9.59 Å². The number of amides is 3. The van der Waals surface area contributed by atoms with E-state index in [9.17, 15) is 18.8 Å². The van der Waals surface area contributed by atoms with Crippen LogP contribution in [-0.4, -0.2) is 35.0 Å². The molecule has 0 aliphatic carbocycles. The SMILES string of the molecule is CCCC(C(=O)NCCN1C(=O)S/C(=C/c2ccccc2F)C1=O)c1ccccc1. The molecule has 2 aromatic carbocycles. The van der Waals surface area contributed by atoms with Crippen LogP contribution in [0.4, 0.5) is 9.18 Å². The van der Waals surface area contributed by atoms with Gasteiger partial charge in [0, 0.05) is 18.7 Å². The highest BCUT2D eigenvalue weighted by atomic mass is 32.2. The van der Waals surface area contributed by atoms with Gasteiger partial charge in [0.25, 0.3) is 11.1 Å². The lowest BCUT2D eigenvalue weighted by Crippen LogP contribution is -2.39. The summed E-state index contributed by atoms with van der Waals surface area (Å²) in [5, 5.41) is 2.41. The topological polar surface area (TPSA) is 66.5 Å². The molecule has 0 bridgehead atoms. The summed E-state index contributed by atoms with van der Waals surface area (Å²) in [7, 11) is 0. The molecule has 2 aromatic rings. The first-order valence-corrected chi connectivity index (χ1v) is 10.7. The number of nitrogens with zero attached hydrogens (tertiary/aromatic N) is 1. The number of hydrogen-bond acceptors (Lipinski definition) is 4. The lowest BCUT2D eigenvalue weighted by Gasteiger charge is -2.18. The molecule has 1 N–H and O–H groups in total. The minimum atomic E-state index is -0.476. The van der Waals surface area contributed by atoms with E-state index in [1.165, 1.54) is 12.1 Å². The van der Waals surface area contributed by atoms with E-state index in [0.29, 0.717) is 6.42 Å². The molecule has 0 aromatic heterocycles. The van der Waals surface area contributed by atoms with Crippen molar-refractivity contribution < 1.29 is 18.8 Å². The van der Waals surface area contributed by atoms with Gasteiger partial charge in [-0.1, -0.05) is 61.9 Å². The van der Waals surface area contributed by atoms with Gasteiger partial charge >= 0.3 is 0 Å². The maximum atomic E-state index is 13.8. The first-order chi connectivity index (χ1) is 14.5. The smallest absolute Gasteiger partial charge is 0.293 e. The molecular weight excluding hydrogens is 403 g/mol. The van der Waals surface area contributed by atoms with Crippen LogP contribution in [0.15, 0.2) is 59.5 Å². The lowest BCUT2D eigenvalue weighted by molar-refractivity contribution is -0.125. The van der Waals surface area contributed by atoms with E-state index in [0.717, 1.165) is 28.6 Å². The van der Waals surface area contributed by atoms with Crippen LogP contribution >= 0.6 is 11.8 Å². The zero-order valence-corrected chi connectivity index (χ0v) is 17.5. The van der Waals surface area contributed by atoms with Crippen molar-refractivity contribution in [1.29, 1.82) is 0 Å². The summed E-state index contributed by atoms with van der Waals surface area (Å²) in [5.74, 6) is -1.33. The van der Waals surface area contributed by atoms with Crippen LogP contribution < -0.4 is 5.32 Å². The summed E-state index contributed by atoms with van der Waals surface area (Å²) in [4.78, 5) is 38.7. The van der Waals surface area contributed by atoms with Gasteiger partial charge in [0.1, 0.15) is 5.82 Å². The number of nitrogens with one attached hydrogen (secondary N) is 1. The minimum Gasteiger partial charge on any atom is -0.354 e. The number of thioether (sulfide) groups is 1. The third-order valence-electron chi connectivity index (χ3n) is 4.80. The van der Waals surface area contributed by atoms with Crippen molar-refractivity contribution in [1.82, 2.24) is 10.2 Å². The molecule has 1 aliphatic rings. The van der Waals surface area contributed by atoms with Crippen LogP contribution in [0.5, 0.6) is 0 Å². The van der Waals surface area contributed by atoms with Gasteiger partial charge in [0.2, 0.25) is 5.91 Å². The second kappa shape index (κ2) is 10.2. The van der Waals surface area contributed by atoms with Crippen molar-refractivity contribution in [2.75, 3.05) is 13.1 Å². The highest BCUT2D eigenvalue weighted by Crippen LogP contribution is 2.32. The molecule has 1 atom stereocenters. The Balaban J connectivity index is 1.60. The fourth-order valence-electron chi connectivity index (χ4n) is 3.26. The van der Waals surface area contributed by atoms with E-state index in [4.69, 9.17) is 0 Å². The van der Waals surface area contributed by atoms with Gasteiger partial charge in [-0.25, -0.2) is 4.39 Å². The lowest BCUT2D eigenvalue weighted by atomic mass is 9.94. The van der Waals surface area contributed by atoms with E-state index < -0.39 is 17.0 Å². The van der Waals surface area contributed by atoms with E-state index in [1.54, 1.807) is 18.2 Å². The van der Waals surface area contributed by atoms with Crippen molar-refractivity contribution in [3.63, 3.8) is 0 Å². The maximum Gasteiger partial charge on any atom is 0.293 e. The number of halogens is 1. The van der Waals surface area contributed by atoms with Crippen molar-refractivity contribution in [3.8, 4) is 0 Å². The van der Waals surface area contributed by atoms with Crippen LogP contribution in [0.2, 0.25) is 0 Å². The van der Waals surface area contributed by atoms with Gasteiger partial charge in [-0.05, 0) is 35.9 Å². The van der Waals surface area contributed by atoms with Crippen molar-refractivity contribution in [2.45, 2.75) is 25.7 Å². The molecule has 1 aliphatic heterocycles. The summed E-state index contributed by atoms with van der Waals surface area (Å²) in [5.41, 5.74) is 1.19. The average Bonchev–Trinajstić information content (AvgIpc) is 3.01.